The lowest BCUT2D eigenvalue weighted by atomic mass is 9.98. The van der Waals surface area contributed by atoms with Crippen LogP contribution in [0.5, 0.6) is 11.5 Å². The van der Waals surface area contributed by atoms with Gasteiger partial charge in [-0.2, -0.15) is 0 Å². The first-order valence-electron chi connectivity index (χ1n) is 12.7. The second-order valence-corrected chi connectivity index (χ2v) is 10.3. The molecule has 0 saturated heterocycles. The van der Waals surface area contributed by atoms with Crippen molar-refractivity contribution in [1.82, 2.24) is 9.97 Å². The molecule has 0 aliphatic rings. The molecule has 40 heavy (non-hydrogen) atoms. The largest absolute Gasteiger partial charge is 0.497 e. The van der Waals surface area contributed by atoms with Gasteiger partial charge in [0, 0.05) is 33.2 Å². The van der Waals surface area contributed by atoms with E-state index in [4.69, 9.17) is 20.2 Å². The third-order valence-corrected chi connectivity index (χ3v) is 7.86. The van der Waals surface area contributed by atoms with Crippen molar-refractivity contribution in [3.8, 4) is 33.9 Å². The first-order chi connectivity index (χ1) is 19.5. The zero-order valence-corrected chi connectivity index (χ0v) is 23.0. The van der Waals surface area contributed by atoms with Crippen molar-refractivity contribution in [2.45, 2.75) is 6.92 Å². The quantitative estimate of drug-likeness (QED) is 0.227. The number of benzene rings is 3. The summed E-state index contributed by atoms with van der Waals surface area (Å²) in [7, 11) is 3.24. The van der Waals surface area contributed by atoms with Gasteiger partial charge in [0.05, 0.1) is 36.8 Å². The molecule has 0 unspecified atom stereocenters. The summed E-state index contributed by atoms with van der Waals surface area (Å²) in [6.07, 6.45) is 0. The van der Waals surface area contributed by atoms with Crippen LogP contribution in [-0.4, -0.2) is 30.1 Å². The van der Waals surface area contributed by atoms with E-state index in [2.05, 4.69) is 10.3 Å². The second-order valence-electron chi connectivity index (χ2n) is 9.29. The normalized spacial score (nSPS) is 11.1. The number of hydrogen-bond donors (Lipinski definition) is 2. The van der Waals surface area contributed by atoms with Crippen LogP contribution >= 0.6 is 11.3 Å². The smallest absolute Gasteiger partial charge is 0.267 e. The summed E-state index contributed by atoms with van der Waals surface area (Å²) in [5.41, 5.74) is 12.7. The standard InChI is InChI=1S/C32H26N4O3S/c1-18-15-26(21-11-7-8-12-24(21)34-18)35-31(37)30-29(33)28-23(22-16-20(38-2)13-14-27(22)39-3)17-25(36-32(28)40-30)19-9-5-4-6-10-19/h4-17H,33H2,1-3H3,(H,34,35,37). The Morgan fingerprint density at radius 3 is 2.42 bits per heavy atom. The molecule has 198 valence electrons. The van der Waals surface area contributed by atoms with Crippen molar-refractivity contribution < 1.29 is 14.3 Å². The van der Waals surface area contributed by atoms with Crippen molar-refractivity contribution >= 4 is 49.7 Å². The van der Waals surface area contributed by atoms with Gasteiger partial charge in [0.2, 0.25) is 0 Å². The van der Waals surface area contributed by atoms with E-state index in [-0.39, 0.29) is 5.91 Å². The molecule has 6 aromatic rings. The first-order valence-corrected chi connectivity index (χ1v) is 13.5. The van der Waals surface area contributed by atoms with Crippen LogP contribution in [0.15, 0.2) is 84.9 Å². The molecule has 0 saturated carbocycles. The minimum Gasteiger partial charge on any atom is -0.497 e. The van der Waals surface area contributed by atoms with Crippen LogP contribution in [0.1, 0.15) is 15.4 Å². The number of nitrogen functional groups attached to an aromatic ring is 1. The van der Waals surface area contributed by atoms with Crippen LogP contribution in [-0.2, 0) is 0 Å². The molecule has 8 heteroatoms. The Hall–Kier alpha value is -4.95. The van der Waals surface area contributed by atoms with Gasteiger partial charge in [0.25, 0.3) is 5.91 Å². The van der Waals surface area contributed by atoms with Crippen LogP contribution in [0.4, 0.5) is 11.4 Å². The highest BCUT2D eigenvalue weighted by Crippen LogP contribution is 2.45. The van der Waals surface area contributed by atoms with Gasteiger partial charge in [-0.1, -0.05) is 48.5 Å². The van der Waals surface area contributed by atoms with Crippen LogP contribution in [0.25, 0.3) is 43.5 Å². The Morgan fingerprint density at radius 2 is 1.65 bits per heavy atom. The summed E-state index contributed by atoms with van der Waals surface area (Å²) in [5, 5.41) is 4.62. The molecular weight excluding hydrogens is 520 g/mol. The number of nitrogens with one attached hydrogen (secondary N) is 1. The lowest BCUT2D eigenvalue weighted by molar-refractivity contribution is 0.103. The summed E-state index contributed by atoms with van der Waals surface area (Å²) in [4.78, 5) is 24.3. The molecule has 0 spiro atoms. The number of aromatic nitrogens is 2. The number of nitrogens with zero attached hydrogens (tertiary/aromatic N) is 2. The Labute approximate surface area is 235 Å². The van der Waals surface area contributed by atoms with Gasteiger partial charge < -0.3 is 20.5 Å². The number of ether oxygens (including phenoxy) is 2. The average molecular weight is 547 g/mol. The number of carbonyl (C=O) groups is 1. The minimum atomic E-state index is -0.305. The summed E-state index contributed by atoms with van der Waals surface area (Å²) in [6.45, 7) is 1.90. The molecule has 0 aliphatic carbocycles. The first kappa shape index (κ1) is 25.3. The van der Waals surface area contributed by atoms with Crippen molar-refractivity contribution in [1.29, 1.82) is 0 Å². The van der Waals surface area contributed by atoms with Crippen LogP contribution in [0.2, 0.25) is 0 Å². The van der Waals surface area contributed by atoms with Crippen molar-refractivity contribution in [3.05, 3.63) is 95.5 Å². The molecule has 7 nitrogen and oxygen atoms in total. The Morgan fingerprint density at radius 1 is 0.875 bits per heavy atom. The van der Waals surface area contributed by atoms with Gasteiger partial charge in [-0.15, -0.1) is 11.3 Å². The monoisotopic (exact) mass is 546 g/mol. The van der Waals surface area contributed by atoms with E-state index < -0.39 is 0 Å². The number of para-hydroxylation sites is 1. The predicted octanol–water partition coefficient (Wildman–Crippen LogP) is 7.34. The highest BCUT2D eigenvalue weighted by atomic mass is 32.1. The molecule has 0 atom stereocenters. The summed E-state index contributed by atoms with van der Waals surface area (Å²) in [5.74, 6) is 1.03. The molecule has 0 fully saturated rings. The van der Waals surface area contributed by atoms with Gasteiger partial charge in [-0.05, 0) is 43.3 Å². The summed E-state index contributed by atoms with van der Waals surface area (Å²) >= 11 is 1.27. The number of pyridine rings is 2. The van der Waals surface area contributed by atoms with E-state index in [1.807, 2.05) is 91.9 Å². The number of fused-ring (bicyclic) bond motifs is 2. The van der Waals surface area contributed by atoms with E-state index in [1.54, 1.807) is 14.2 Å². The molecule has 0 bridgehead atoms. The molecule has 1 amide bonds. The van der Waals surface area contributed by atoms with Crippen molar-refractivity contribution in [2.24, 2.45) is 0 Å². The average Bonchev–Trinajstić information content (AvgIpc) is 3.33. The lowest BCUT2D eigenvalue weighted by Crippen LogP contribution is -2.12. The molecule has 3 aromatic heterocycles. The van der Waals surface area contributed by atoms with Gasteiger partial charge in [0.1, 0.15) is 21.2 Å². The third-order valence-electron chi connectivity index (χ3n) is 6.76. The molecule has 6 rings (SSSR count). The minimum absolute atomic E-state index is 0.305. The second kappa shape index (κ2) is 10.3. The predicted molar refractivity (Wildman–Crippen MR) is 162 cm³/mol. The maximum Gasteiger partial charge on any atom is 0.267 e. The number of aryl methyl sites for hydroxylation is 1. The zero-order valence-electron chi connectivity index (χ0n) is 22.2. The van der Waals surface area contributed by atoms with E-state index in [9.17, 15) is 4.79 Å². The SMILES string of the molecule is COc1ccc(OC)c(-c2cc(-c3ccccc3)nc3sc(C(=O)Nc4cc(C)nc5ccccc45)c(N)c23)c1. The molecule has 0 aliphatic heterocycles. The Balaban J connectivity index is 1.54. The maximum absolute atomic E-state index is 13.7. The van der Waals surface area contributed by atoms with E-state index in [0.29, 0.717) is 38.0 Å². The number of anilines is 2. The molecule has 0 radical (unpaired) electrons. The fourth-order valence-corrected chi connectivity index (χ4v) is 5.89. The number of nitrogens with two attached hydrogens (primary N) is 1. The van der Waals surface area contributed by atoms with E-state index >= 15 is 0 Å². The number of methoxy groups -OCH3 is 2. The molecule has 3 heterocycles. The van der Waals surface area contributed by atoms with Gasteiger partial charge in [-0.3, -0.25) is 9.78 Å². The number of amides is 1. The molecule has 3 N–H and O–H groups in total. The molecule has 3 aromatic carbocycles. The van der Waals surface area contributed by atoms with E-state index in [0.717, 1.165) is 39.0 Å². The van der Waals surface area contributed by atoms with Gasteiger partial charge in [-0.25, -0.2) is 4.98 Å². The van der Waals surface area contributed by atoms with Crippen LogP contribution in [0.3, 0.4) is 0 Å². The number of rotatable bonds is 6. The number of carbonyl (C=O) groups excluding carboxylic acids is 1. The van der Waals surface area contributed by atoms with E-state index in [1.165, 1.54) is 11.3 Å². The van der Waals surface area contributed by atoms with Crippen molar-refractivity contribution in [3.63, 3.8) is 0 Å². The van der Waals surface area contributed by atoms with Gasteiger partial charge in [0.15, 0.2) is 0 Å². The lowest BCUT2D eigenvalue weighted by Gasteiger charge is -2.14. The number of thiophene rings is 1. The molecular formula is C32H26N4O3S. The van der Waals surface area contributed by atoms with Crippen LogP contribution < -0.4 is 20.5 Å². The highest BCUT2D eigenvalue weighted by Gasteiger charge is 2.24. The zero-order chi connectivity index (χ0) is 27.8. The Kier molecular flexibility index (Phi) is 6.53. The van der Waals surface area contributed by atoms with Gasteiger partial charge >= 0.3 is 0 Å². The van der Waals surface area contributed by atoms with Crippen LogP contribution in [0, 0.1) is 6.92 Å². The van der Waals surface area contributed by atoms with Crippen molar-refractivity contribution in [2.75, 3.05) is 25.3 Å². The summed E-state index contributed by atoms with van der Waals surface area (Å²) in [6, 6.07) is 27.1. The highest BCUT2D eigenvalue weighted by molar-refractivity contribution is 7.21. The third kappa shape index (κ3) is 4.48. The fraction of sp³-hybridized carbons (Fsp3) is 0.0938. The topological polar surface area (TPSA) is 99.4 Å². The fourth-order valence-electron chi connectivity index (χ4n) is 4.87. The Bertz CT molecular complexity index is 1900. The number of hydrogen-bond acceptors (Lipinski definition) is 7. The summed E-state index contributed by atoms with van der Waals surface area (Å²) < 4.78 is 11.2. The maximum atomic E-state index is 13.7.